The van der Waals surface area contributed by atoms with Gasteiger partial charge >= 0.3 is 0 Å². The number of aromatic hydroxyl groups is 1. The fourth-order valence-corrected chi connectivity index (χ4v) is 6.52. The van der Waals surface area contributed by atoms with E-state index < -0.39 is 0 Å². The minimum Gasteiger partial charge on any atom is -0.507 e. The summed E-state index contributed by atoms with van der Waals surface area (Å²) in [5, 5.41) is 12.0. The number of fused-ring (bicyclic) bond motifs is 2. The molecule has 0 bridgehead atoms. The zero-order chi connectivity index (χ0) is 35.6. The van der Waals surface area contributed by atoms with Crippen molar-refractivity contribution >= 4 is 21.9 Å². The Labute approximate surface area is 316 Å². The molecular formula is C45H45N4OPt-. The molecule has 0 aliphatic heterocycles. The zero-order valence-corrected chi connectivity index (χ0v) is 33.1. The Hall–Kier alpha value is -4.60. The third kappa shape index (κ3) is 6.89. The Bertz CT molecular complexity index is 2380. The molecule has 0 spiro atoms. The quantitative estimate of drug-likeness (QED) is 0.179. The number of aromatic nitrogens is 4. The first-order chi connectivity index (χ1) is 23.6. The van der Waals surface area contributed by atoms with Gasteiger partial charge in [-0.2, -0.15) is 0 Å². The topological polar surface area (TPSA) is 63.8 Å². The van der Waals surface area contributed by atoms with E-state index in [0.717, 1.165) is 55.7 Å². The molecule has 0 unspecified atom stereocenters. The molecule has 0 saturated carbocycles. The van der Waals surface area contributed by atoms with Crippen LogP contribution in [-0.2, 0) is 37.3 Å². The summed E-state index contributed by atoms with van der Waals surface area (Å²) < 4.78 is 2.20. The monoisotopic (exact) mass is 852 g/mol. The Balaban J connectivity index is 0.00000448. The van der Waals surface area contributed by atoms with Crippen molar-refractivity contribution in [1.29, 1.82) is 0 Å². The Morgan fingerprint density at radius 3 is 1.92 bits per heavy atom. The van der Waals surface area contributed by atoms with Gasteiger partial charge < -0.3 is 9.67 Å². The Kier molecular flexibility index (Phi) is 9.36. The van der Waals surface area contributed by atoms with Crippen molar-refractivity contribution in [3.63, 3.8) is 0 Å². The van der Waals surface area contributed by atoms with Crippen molar-refractivity contribution < 1.29 is 26.2 Å². The molecule has 6 heteroatoms. The zero-order valence-electron chi connectivity index (χ0n) is 30.9. The number of para-hydroxylation sites is 1. The van der Waals surface area contributed by atoms with Crippen molar-refractivity contribution in [1.82, 2.24) is 19.5 Å². The fourth-order valence-electron chi connectivity index (χ4n) is 6.52. The number of nitrogens with zero attached hydrogens (tertiary/aromatic N) is 4. The molecule has 3 heterocycles. The van der Waals surface area contributed by atoms with E-state index in [1.807, 2.05) is 18.3 Å². The van der Waals surface area contributed by atoms with Crippen LogP contribution in [0.15, 0.2) is 104 Å². The number of imidazole rings is 1. The molecule has 262 valence electrons. The average molecular weight is 853 g/mol. The molecular weight excluding hydrogens is 808 g/mol. The van der Waals surface area contributed by atoms with Crippen molar-refractivity contribution in [3.8, 4) is 45.1 Å². The van der Waals surface area contributed by atoms with Crippen LogP contribution in [0.25, 0.3) is 61.3 Å². The van der Waals surface area contributed by atoms with E-state index in [-0.39, 0.29) is 43.1 Å². The summed E-state index contributed by atoms with van der Waals surface area (Å²) in [7, 11) is 0. The van der Waals surface area contributed by atoms with Crippen LogP contribution in [0.1, 0.15) is 79.0 Å². The molecule has 7 rings (SSSR count). The van der Waals surface area contributed by atoms with Crippen LogP contribution in [-0.4, -0.2) is 24.6 Å². The van der Waals surface area contributed by atoms with E-state index in [1.165, 1.54) is 16.7 Å². The molecule has 0 fully saturated rings. The van der Waals surface area contributed by atoms with Gasteiger partial charge in [0.05, 0.1) is 16.9 Å². The van der Waals surface area contributed by atoms with Gasteiger partial charge in [0.25, 0.3) is 0 Å². The van der Waals surface area contributed by atoms with Crippen molar-refractivity contribution in [2.45, 2.75) is 78.6 Å². The second-order valence-electron chi connectivity index (χ2n) is 16.4. The summed E-state index contributed by atoms with van der Waals surface area (Å²) in [5.41, 5.74) is 11.7. The van der Waals surface area contributed by atoms with Crippen LogP contribution in [0.2, 0.25) is 0 Å². The number of rotatable bonds is 4. The molecule has 0 radical (unpaired) electrons. The minimum atomic E-state index is -0.0558. The first-order valence-electron chi connectivity index (χ1n) is 17.3. The molecule has 5 nitrogen and oxygen atoms in total. The van der Waals surface area contributed by atoms with Crippen LogP contribution in [0.5, 0.6) is 5.75 Å². The van der Waals surface area contributed by atoms with E-state index in [2.05, 4.69) is 145 Å². The van der Waals surface area contributed by atoms with E-state index in [1.54, 1.807) is 18.5 Å². The van der Waals surface area contributed by atoms with Crippen molar-refractivity contribution in [3.05, 3.63) is 126 Å². The van der Waals surface area contributed by atoms with Crippen LogP contribution in [0.3, 0.4) is 0 Å². The standard InChI is InChI=1S/C45H45N4O.Pt/c1-43(2,3)31-16-18-34(19-17-31)49-38-15-11-14-35(37-27-46-21-20-39(37)50)41(38)48-42(49)29-13-10-12-28(22-29)36-25-32(44(4,5)6)23-30-24-33(45(7,8)9)26-47-40(30)36;/h10-21,23-27H,1-9H3,(H,46,50);/q-1;. The first-order valence-corrected chi connectivity index (χ1v) is 17.3. The van der Waals surface area contributed by atoms with Crippen LogP contribution < -0.4 is 0 Å². The van der Waals surface area contributed by atoms with Gasteiger partial charge in [0.1, 0.15) is 5.75 Å². The molecule has 0 aliphatic carbocycles. The number of benzene rings is 4. The van der Waals surface area contributed by atoms with E-state index in [9.17, 15) is 5.11 Å². The maximum absolute atomic E-state index is 10.8. The molecule has 7 aromatic rings. The third-order valence-corrected chi connectivity index (χ3v) is 9.61. The van der Waals surface area contributed by atoms with Gasteiger partial charge in [0.2, 0.25) is 0 Å². The summed E-state index contributed by atoms with van der Waals surface area (Å²) in [4.78, 5) is 14.7. The van der Waals surface area contributed by atoms with Gasteiger partial charge in [0.15, 0.2) is 0 Å². The van der Waals surface area contributed by atoms with Crippen LogP contribution >= 0.6 is 0 Å². The van der Waals surface area contributed by atoms with Gasteiger partial charge in [-0.25, -0.2) is 0 Å². The SMILES string of the molecule is CC(C)(C)c1ccc(-n2c(-c3[c-]c(-c4cc(C(C)(C)C)cc5cc(C(C)(C)C)cnc45)ccc3)nc3c(-c4cnccc4O)cccc32)cc1.[Pt]. The summed E-state index contributed by atoms with van der Waals surface area (Å²) in [6, 6.07) is 33.4. The summed E-state index contributed by atoms with van der Waals surface area (Å²) >= 11 is 0. The predicted octanol–water partition coefficient (Wildman–Crippen LogP) is 11.4. The van der Waals surface area contributed by atoms with E-state index >= 15 is 0 Å². The number of hydrogen-bond acceptors (Lipinski definition) is 4. The molecule has 0 amide bonds. The smallest absolute Gasteiger partial charge is 0.126 e. The number of hydrogen-bond donors (Lipinski definition) is 1. The average Bonchev–Trinajstić information content (AvgIpc) is 3.47. The van der Waals surface area contributed by atoms with Gasteiger partial charge in [-0.1, -0.05) is 110 Å². The Morgan fingerprint density at radius 1 is 0.608 bits per heavy atom. The van der Waals surface area contributed by atoms with Crippen LogP contribution in [0, 0.1) is 6.07 Å². The van der Waals surface area contributed by atoms with Gasteiger partial charge in [0, 0.05) is 62.0 Å². The fraction of sp³-hybridized carbons (Fsp3) is 0.267. The normalized spacial score (nSPS) is 12.3. The van der Waals surface area contributed by atoms with E-state index in [0.29, 0.717) is 5.56 Å². The second kappa shape index (κ2) is 13.2. The molecule has 51 heavy (non-hydrogen) atoms. The summed E-state index contributed by atoms with van der Waals surface area (Å²) in [5.74, 6) is 0.930. The van der Waals surface area contributed by atoms with Crippen LogP contribution in [0.4, 0.5) is 0 Å². The second-order valence-corrected chi connectivity index (χ2v) is 16.4. The molecule has 1 N–H and O–H groups in total. The summed E-state index contributed by atoms with van der Waals surface area (Å²) in [6.07, 6.45) is 5.30. The molecule has 0 aliphatic rings. The maximum atomic E-state index is 10.8. The third-order valence-electron chi connectivity index (χ3n) is 9.61. The van der Waals surface area contributed by atoms with Gasteiger partial charge in [-0.05, 0) is 68.7 Å². The minimum absolute atomic E-state index is 0. The maximum Gasteiger partial charge on any atom is 0.126 e. The molecule has 0 saturated heterocycles. The summed E-state index contributed by atoms with van der Waals surface area (Å²) in [6.45, 7) is 20.1. The first kappa shape index (κ1) is 36.2. The Morgan fingerprint density at radius 2 is 1.25 bits per heavy atom. The molecule has 3 aromatic heterocycles. The largest absolute Gasteiger partial charge is 0.507 e. The van der Waals surface area contributed by atoms with Crippen molar-refractivity contribution in [2.24, 2.45) is 0 Å². The number of pyridine rings is 2. The molecule has 0 atom stereocenters. The van der Waals surface area contributed by atoms with Gasteiger partial charge in [-0.15, -0.1) is 29.8 Å². The van der Waals surface area contributed by atoms with Crippen molar-refractivity contribution in [2.75, 3.05) is 0 Å². The molecule has 4 aromatic carbocycles. The van der Waals surface area contributed by atoms with Gasteiger partial charge in [-0.3, -0.25) is 15.0 Å². The van der Waals surface area contributed by atoms with E-state index in [4.69, 9.17) is 9.97 Å². The predicted molar refractivity (Wildman–Crippen MR) is 207 cm³/mol.